The monoisotopic (exact) mass is 242 g/mol. The van der Waals surface area contributed by atoms with Crippen molar-refractivity contribution in [1.29, 1.82) is 0 Å². The number of thiazole rings is 1. The molecular formula is C11H18N2O2S. The second-order valence-electron chi connectivity index (χ2n) is 5.11. The summed E-state index contributed by atoms with van der Waals surface area (Å²) in [6.07, 6.45) is -0.000141. The average Bonchev–Trinajstić information content (AvgIpc) is 2.48. The van der Waals surface area contributed by atoms with E-state index in [1.54, 1.807) is 0 Å². The van der Waals surface area contributed by atoms with E-state index in [1.165, 1.54) is 11.3 Å². The summed E-state index contributed by atoms with van der Waals surface area (Å²) in [5.74, 6) is -0.838. The Bertz CT molecular complexity index is 368. The van der Waals surface area contributed by atoms with Crippen LogP contribution in [-0.4, -0.2) is 29.7 Å². The van der Waals surface area contributed by atoms with Crippen LogP contribution in [0.4, 0.5) is 5.13 Å². The lowest BCUT2D eigenvalue weighted by atomic mass is 9.96. The topological polar surface area (TPSA) is 53.4 Å². The van der Waals surface area contributed by atoms with Crippen molar-refractivity contribution < 1.29 is 9.90 Å². The van der Waals surface area contributed by atoms with E-state index < -0.39 is 5.97 Å². The summed E-state index contributed by atoms with van der Waals surface area (Å²) in [5, 5.41) is 11.3. The molecular weight excluding hydrogens is 224 g/mol. The van der Waals surface area contributed by atoms with Crippen molar-refractivity contribution in [1.82, 2.24) is 4.98 Å². The molecule has 0 bridgehead atoms. The van der Waals surface area contributed by atoms with Gasteiger partial charge >= 0.3 is 5.97 Å². The minimum Gasteiger partial charge on any atom is -0.481 e. The molecule has 1 aromatic rings. The van der Waals surface area contributed by atoms with E-state index in [0.29, 0.717) is 5.69 Å². The first kappa shape index (κ1) is 13.0. The fourth-order valence-electron chi connectivity index (χ4n) is 1.49. The number of anilines is 1. The molecule has 5 heteroatoms. The molecule has 16 heavy (non-hydrogen) atoms. The van der Waals surface area contributed by atoms with Crippen LogP contribution >= 0.6 is 11.3 Å². The van der Waals surface area contributed by atoms with Gasteiger partial charge in [0, 0.05) is 19.0 Å². The third-order valence-corrected chi connectivity index (χ3v) is 2.91. The van der Waals surface area contributed by atoms with E-state index in [4.69, 9.17) is 5.11 Å². The molecule has 0 aliphatic heterocycles. The van der Waals surface area contributed by atoms with Gasteiger partial charge in [0.15, 0.2) is 5.13 Å². The fraction of sp³-hybridized carbons (Fsp3) is 0.636. The van der Waals surface area contributed by atoms with Crippen LogP contribution in [0.3, 0.4) is 0 Å². The van der Waals surface area contributed by atoms with Gasteiger partial charge in [-0.25, -0.2) is 4.98 Å². The Kier molecular flexibility index (Phi) is 3.91. The number of carbonyl (C=O) groups is 1. The number of hydrogen-bond donors (Lipinski definition) is 1. The van der Waals surface area contributed by atoms with Crippen LogP contribution in [0.5, 0.6) is 0 Å². The van der Waals surface area contributed by atoms with E-state index >= 15 is 0 Å². The van der Waals surface area contributed by atoms with Gasteiger partial charge in [-0.3, -0.25) is 4.79 Å². The zero-order chi connectivity index (χ0) is 12.3. The summed E-state index contributed by atoms with van der Waals surface area (Å²) < 4.78 is 0. The molecule has 0 unspecified atom stereocenters. The van der Waals surface area contributed by atoms with Gasteiger partial charge in [0.2, 0.25) is 0 Å². The van der Waals surface area contributed by atoms with Crippen LogP contribution in [-0.2, 0) is 11.2 Å². The zero-order valence-corrected chi connectivity index (χ0v) is 11.0. The van der Waals surface area contributed by atoms with E-state index in [0.717, 1.165) is 11.7 Å². The normalized spacial score (nSPS) is 11.5. The molecule has 90 valence electrons. The summed E-state index contributed by atoms with van der Waals surface area (Å²) in [4.78, 5) is 16.9. The molecule has 1 aromatic heterocycles. The molecule has 1 heterocycles. The quantitative estimate of drug-likeness (QED) is 0.880. The molecule has 0 atom stereocenters. The molecule has 0 saturated carbocycles. The predicted molar refractivity (Wildman–Crippen MR) is 66.2 cm³/mol. The zero-order valence-electron chi connectivity index (χ0n) is 10.1. The van der Waals surface area contributed by atoms with Crippen LogP contribution in [0, 0.1) is 5.41 Å². The number of carboxylic acids is 1. The number of hydrogen-bond acceptors (Lipinski definition) is 4. The Morgan fingerprint density at radius 3 is 2.69 bits per heavy atom. The Hall–Kier alpha value is -1.10. The van der Waals surface area contributed by atoms with E-state index in [9.17, 15) is 4.79 Å². The fourth-order valence-corrected chi connectivity index (χ4v) is 2.28. The van der Waals surface area contributed by atoms with Gasteiger partial charge in [-0.05, 0) is 5.41 Å². The predicted octanol–water partition coefficient (Wildman–Crippen LogP) is 2.25. The maximum Gasteiger partial charge on any atom is 0.309 e. The first-order chi connectivity index (χ1) is 7.28. The van der Waals surface area contributed by atoms with Gasteiger partial charge in [0.1, 0.15) is 0 Å². The summed E-state index contributed by atoms with van der Waals surface area (Å²) in [6.45, 7) is 7.38. The van der Waals surface area contributed by atoms with Crippen molar-refractivity contribution in [3.8, 4) is 0 Å². The number of aliphatic carboxylic acids is 1. The maximum absolute atomic E-state index is 10.5. The van der Waals surface area contributed by atoms with Crippen LogP contribution < -0.4 is 4.90 Å². The third kappa shape index (κ3) is 4.18. The van der Waals surface area contributed by atoms with Gasteiger partial charge in [-0.15, -0.1) is 11.3 Å². The van der Waals surface area contributed by atoms with E-state index in [-0.39, 0.29) is 11.8 Å². The van der Waals surface area contributed by atoms with Crippen LogP contribution in [0.15, 0.2) is 5.38 Å². The molecule has 4 nitrogen and oxygen atoms in total. The lowest BCUT2D eigenvalue weighted by molar-refractivity contribution is -0.136. The lowest BCUT2D eigenvalue weighted by Crippen LogP contribution is -2.28. The number of rotatable bonds is 4. The minimum absolute atomic E-state index is 0.000141. The van der Waals surface area contributed by atoms with Gasteiger partial charge in [-0.2, -0.15) is 0 Å². The number of carboxylic acid groups (broad SMARTS) is 1. The maximum atomic E-state index is 10.5. The van der Waals surface area contributed by atoms with Gasteiger partial charge in [-0.1, -0.05) is 20.8 Å². The van der Waals surface area contributed by atoms with Gasteiger partial charge in [0.25, 0.3) is 0 Å². The van der Waals surface area contributed by atoms with Crippen molar-refractivity contribution in [2.45, 2.75) is 27.2 Å². The lowest BCUT2D eigenvalue weighted by Gasteiger charge is -2.26. The smallest absolute Gasteiger partial charge is 0.309 e. The van der Waals surface area contributed by atoms with E-state index in [2.05, 4.69) is 30.7 Å². The van der Waals surface area contributed by atoms with Crippen molar-refractivity contribution in [3.05, 3.63) is 11.1 Å². The summed E-state index contributed by atoms with van der Waals surface area (Å²) in [5.41, 5.74) is 0.834. The molecule has 0 radical (unpaired) electrons. The van der Waals surface area contributed by atoms with E-state index in [1.807, 2.05) is 12.4 Å². The molecule has 0 saturated heterocycles. The van der Waals surface area contributed by atoms with Gasteiger partial charge in [0.05, 0.1) is 12.1 Å². The Morgan fingerprint density at radius 2 is 2.19 bits per heavy atom. The highest BCUT2D eigenvalue weighted by Crippen LogP contribution is 2.23. The van der Waals surface area contributed by atoms with Crippen LogP contribution in [0.25, 0.3) is 0 Å². The second kappa shape index (κ2) is 4.82. The van der Waals surface area contributed by atoms with Crippen molar-refractivity contribution in [3.63, 3.8) is 0 Å². The average molecular weight is 242 g/mol. The summed E-state index contributed by atoms with van der Waals surface area (Å²) >= 11 is 1.49. The van der Waals surface area contributed by atoms with Crippen molar-refractivity contribution in [2.24, 2.45) is 5.41 Å². The Morgan fingerprint density at radius 1 is 1.56 bits per heavy atom. The highest BCUT2D eigenvalue weighted by Gasteiger charge is 2.16. The molecule has 0 fully saturated rings. The molecule has 0 aromatic carbocycles. The molecule has 0 spiro atoms. The largest absolute Gasteiger partial charge is 0.481 e. The van der Waals surface area contributed by atoms with Crippen LogP contribution in [0.1, 0.15) is 26.5 Å². The standard InChI is InChI=1S/C11H18N2O2S/c1-11(2,3)7-13(4)10-12-8(6-16-10)5-9(14)15/h6H,5,7H2,1-4H3,(H,14,15). The number of nitrogens with zero attached hydrogens (tertiary/aromatic N) is 2. The first-order valence-electron chi connectivity index (χ1n) is 5.15. The van der Waals surface area contributed by atoms with Crippen molar-refractivity contribution in [2.75, 3.05) is 18.5 Å². The third-order valence-electron chi connectivity index (χ3n) is 1.91. The van der Waals surface area contributed by atoms with Crippen molar-refractivity contribution >= 4 is 22.4 Å². The highest BCUT2D eigenvalue weighted by molar-refractivity contribution is 7.13. The highest BCUT2D eigenvalue weighted by atomic mass is 32.1. The molecule has 1 rings (SSSR count). The summed E-state index contributed by atoms with van der Waals surface area (Å²) in [7, 11) is 1.98. The first-order valence-corrected chi connectivity index (χ1v) is 6.03. The molecule has 0 aliphatic carbocycles. The summed E-state index contributed by atoms with van der Waals surface area (Å²) in [6, 6.07) is 0. The Balaban J connectivity index is 2.66. The minimum atomic E-state index is -0.838. The SMILES string of the molecule is CN(CC(C)(C)C)c1nc(CC(=O)O)cs1. The van der Waals surface area contributed by atoms with Crippen LogP contribution in [0.2, 0.25) is 0 Å². The molecule has 0 amide bonds. The Labute approximate surface area is 99.9 Å². The number of aromatic nitrogens is 1. The second-order valence-corrected chi connectivity index (χ2v) is 5.95. The van der Waals surface area contributed by atoms with Gasteiger partial charge < -0.3 is 10.0 Å². The molecule has 1 N–H and O–H groups in total. The molecule has 0 aliphatic rings.